The van der Waals surface area contributed by atoms with Crippen molar-refractivity contribution in [1.82, 2.24) is 15.0 Å². The van der Waals surface area contributed by atoms with Crippen LogP contribution in [0.1, 0.15) is 24.3 Å². The molecular formula is C22H22F2N4O2. The molecule has 1 aliphatic rings. The molecule has 0 unspecified atom stereocenters. The fourth-order valence-corrected chi connectivity index (χ4v) is 3.53. The lowest BCUT2D eigenvalue weighted by atomic mass is 9.94. The summed E-state index contributed by atoms with van der Waals surface area (Å²) in [5, 5.41) is 6.50. The highest BCUT2D eigenvalue weighted by Gasteiger charge is 2.25. The van der Waals surface area contributed by atoms with Gasteiger partial charge in [-0.2, -0.15) is 4.98 Å². The molecule has 1 aromatic heterocycles. The number of urea groups is 1. The summed E-state index contributed by atoms with van der Waals surface area (Å²) in [7, 11) is 0. The van der Waals surface area contributed by atoms with Crippen LogP contribution in [-0.4, -0.2) is 34.2 Å². The minimum Gasteiger partial charge on any atom is -0.339 e. The van der Waals surface area contributed by atoms with Crippen LogP contribution in [0.2, 0.25) is 0 Å². The van der Waals surface area contributed by atoms with Crippen molar-refractivity contribution in [2.24, 2.45) is 5.92 Å². The number of amides is 2. The van der Waals surface area contributed by atoms with Crippen molar-refractivity contribution in [2.45, 2.75) is 26.2 Å². The van der Waals surface area contributed by atoms with Crippen LogP contribution >= 0.6 is 0 Å². The molecule has 0 aliphatic carbocycles. The van der Waals surface area contributed by atoms with E-state index in [-0.39, 0.29) is 5.69 Å². The number of piperidine rings is 1. The molecule has 6 nitrogen and oxygen atoms in total. The highest BCUT2D eigenvalue weighted by molar-refractivity contribution is 5.89. The van der Waals surface area contributed by atoms with E-state index in [2.05, 4.69) is 15.5 Å². The second-order valence-corrected chi connectivity index (χ2v) is 7.57. The van der Waals surface area contributed by atoms with Gasteiger partial charge in [-0.25, -0.2) is 13.6 Å². The number of hydrogen-bond acceptors (Lipinski definition) is 4. The topological polar surface area (TPSA) is 71.3 Å². The van der Waals surface area contributed by atoms with E-state index in [1.165, 1.54) is 5.56 Å². The number of carbonyl (C=O) groups is 1. The number of aromatic nitrogens is 2. The highest BCUT2D eigenvalue weighted by Crippen LogP contribution is 2.24. The Kier molecular flexibility index (Phi) is 5.74. The second kappa shape index (κ2) is 8.61. The summed E-state index contributed by atoms with van der Waals surface area (Å²) in [6, 6.07) is 10.5. The van der Waals surface area contributed by atoms with E-state index >= 15 is 0 Å². The van der Waals surface area contributed by atoms with Crippen molar-refractivity contribution in [3.8, 4) is 11.4 Å². The summed E-state index contributed by atoms with van der Waals surface area (Å²) in [5.41, 5.74) is 1.92. The number of halogens is 2. The van der Waals surface area contributed by atoms with Crippen molar-refractivity contribution in [3.05, 3.63) is 65.6 Å². The molecule has 8 heteroatoms. The van der Waals surface area contributed by atoms with Gasteiger partial charge in [0, 0.05) is 31.1 Å². The molecule has 3 aromatic rings. The van der Waals surface area contributed by atoms with Gasteiger partial charge < -0.3 is 14.7 Å². The van der Waals surface area contributed by atoms with Gasteiger partial charge in [-0.1, -0.05) is 35.0 Å². The van der Waals surface area contributed by atoms with Gasteiger partial charge in [0.05, 0.1) is 5.69 Å². The third-order valence-corrected chi connectivity index (χ3v) is 5.31. The Hall–Kier alpha value is -3.29. The van der Waals surface area contributed by atoms with Crippen molar-refractivity contribution >= 4 is 11.7 Å². The van der Waals surface area contributed by atoms with E-state index in [1.54, 1.807) is 4.90 Å². The predicted molar refractivity (Wildman–Crippen MR) is 108 cm³/mol. The first-order valence-corrected chi connectivity index (χ1v) is 9.88. The fraction of sp³-hybridized carbons (Fsp3) is 0.318. The molecule has 1 aliphatic heterocycles. The zero-order valence-corrected chi connectivity index (χ0v) is 16.6. The minimum atomic E-state index is -0.666. The van der Waals surface area contributed by atoms with Crippen LogP contribution < -0.4 is 5.32 Å². The Morgan fingerprint density at radius 1 is 1.17 bits per heavy atom. The summed E-state index contributed by atoms with van der Waals surface area (Å²) >= 11 is 0. The third-order valence-electron chi connectivity index (χ3n) is 5.31. The maximum atomic E-state index is 13.7. The zero-order chi connectivity index (χ0) is 21.1. The SMILES string of the molecule is Cc1ccc(-c2noc(CC3CCN(C(=O)Nc4cc(F)ccc4F)CC3)n2)cc1. The highest BCUT2D eigenvalue weighted by atomic mass is 19.1. The Morgan fingerprint density at radius 3 is 2.63 bits per heavy atom. The lowest BCUT2D eigenvalue weighted by Gasteiger charge is -2.31. The van der Waals surface area contributed by atoms with Crippen LogP contribution in [0.5, 0.6) is 0 Å². The minimum absolute atomic E-state index is 0.156. The molecule has 2 heterocycles. The third kappa shape index (κ3) is 4.64. The van der Waals surface area contributed by atoms with Gasteiger partial charge in [0.1, 0.15) is 11.6 Å². The Bertz CT molecular complexity index is 1030. The standard InChI is InChI=1S/C22H22F2N4O2/c1-14-2-4-16(5-3-14)21-26-20(30-27-21)12-15-8-10-28(11-9-15)22(29)25-19-13-17(23)6-7-18(19)24/h2-7,13,15H,8-12H2,1H3,(H,25,29). The summed E-state index contributed by atoms with van der Waals surface area (Å²) in [6.45, 7) is 3.06. The van der Waals surface area contributed by atoms with E-state index in [0.29, 0.717) is 37.1 Å². The maximum Gasteiger partial charge on any atom is 0.321 e. The van der Waals surface area contributed by atoms with E-state index in [4.69, 9.17) is 4.52 Å². The molecule has 0 bridgehead atoms. The van der Waals surface area contributed by atoms with Crippen molar-refractivity contribution in [1.29, 1.82) is 0 Å². The fourth-order valence-electron chi connectivity index (χ4n) is 3.53. The molecule has 0 atom stereocenters. The smallest absolute Gasteiger partial charge is 0.321 e. The van der Waals surface area contributed by atoms with Crippen LogP contribution in [0.15, 0.2) is 47.0 Å². The molecule has 0 spiro atoms. The van der Waals surface area contributed by atoms with E-state index < -0.39 is 17.7 Å². The Morgan fingerprint density at radius 2 is 1.90 bits per heavy atom. The van der Waals surface area contributed by atoms with Crippen LogP contribution in [-0.2, 0) is 6.42 Å². The Labute approximate surface area is 172 Å². The number of benzene rings is 2. The predicted octanol–water partition coefficient (Wildman–Crippen LogP) is 4.81. The summed E-state index contributed by atoms with van der Waals surface area (Å²) in [6.07, 6.45) is 2.18. The molecule has 2 aromatic carbocycles. The van der Waals surface area contributed by atoms with Gasteiger partial charge in [0.25, 0.3) is 0 Å². The lowest BCUT2D eigenvalue weighted by Crippen LogP contribution is -2.41. The van der Waals surface area contributed by atoms with E-state index in [9.17, 15) is 13.6 Å². The molecule has 0 saturated carbocycles. The maximum absolute atomic E-state index is 13.7. The van der Waals surface area contributed by atoms with Gasteiger partial charge in [0.15, 0.2) is 0 Å². The molecule has 1 N–H and O–H groups in total. The largest absolute Gasteiger partial charge is 0.339 e. The van der Waals surface area contributed by atoms with E-state index in [0.717, 1.165) is 36.6 Å². The average Bonchev–Trinajstić information content (AvgIpc) is 3.20. The van der Waals surface area contributed by atoms with Gasteiger partial charge in [-0.05, 0) is 37.8 Å². The molecule has 4 rings (SSSR count). The Balaban J connectivity index is 1.30. The molecule has 156 valence electrons. The van der Waals surface area contributed by atoms with E-state index in [1.807, 2.05) is 31.2 Å². The number of nitrogens with one attached hydrogen (secondary N) is 1. The molecule has 1 fully saturated rings. The summed E-state index contributed by atoms with van der Waals surface area (Å²) in [4.78, 5) is 18.5. The number of hydrogen-bond donors (Lipinski definition) is 1. The molecule has 1 saturated heterocycles. The van der Waals surface area contributed by atoms with Gasteiger partial charge in [0.2, 0.25) is 11.7 Å². The lowest BCUT2D eigenvalue weighted by molar-refractivity contribution is 0.179. The van der Waals surface area contributed by atoms with Crippen LogP contribution in [0.3, 0.4) is 0 Å². The number of nitrogens with zero attached hydrogens (tertiary/aromatic N) is 3. The number of aryl methyl sites for hydroxylation is 1. The molecule has 30 heavy (non-hydrogen) atoms. The second-order valence-electron chi connectivity index (χ2n) is 7.57. The average molecular weight is 412 g/mol. The number of rotatable bonds is 4. The number of likely N-dealkylation sites (tertiary alicyclic amines) is 1. The molecular weight excluding hydrogens is 390 g/mol. The van der Waals surface area contributed by atoms with Crippen LogP contribution in [0, 0.1) is 24.5 Å². The molecule has 0 radical (unpaired) electrons. The molecule has 2 amide bonds. The normalized spacial score (nSPS) is 14.7. The first-order valence-electron chi connectivity index (χ1n) is 9.88. The van der Waals surface area contributed by atoms with Crippen molar-refractivity contribution in [2.75, 3.05) is 18.4 Å². The zero-order valence-electron chi connectivity index (χ0n) is 16.6. The number of carbonyl (C=O) groups excluding carboxylic acids is 1. The monoisotopic (exact) mass is 412 g/mol. The van der Waals surface area contributed by atoms with Gasteiger partial charge >= 0.3 is 6.03 Å². The quantitative estimate of drug-likeness (QED) is 0.668. The van der Waals surface area contributed by atoms with Crippen LogP contribution in [0.4, 0.5) is 19.3 Å². The van der Waals surface area contributed by atoms with Crippen molar-refractivity contribution in [3.63, 3.8) is 0 Å². The van der Waals surface area contributed by atoms with Gasteiger partial charge in [-0.3, -0.25) is 0 Å². The summed E-state index contributed by atoms with van der Waals surface area (Å²) < 4.78 is 32.4. The first kappa shape index (κ1) is 20.0. The summed E-state index contributed by atoms with van der Waals surface area (Å²) in [5.74, 6) is 0.191. The van der Waals surface area contributed by atoms with Crippen LogP contribution in [0.25, 0.3) is 11.4 Å². The first-order chi connectivity index (χ1) is 14.5. The van der Waals surface area contributed by atoms with Gasteiger partial charge in [-0.15, -0.1) is 0 Å². The van der Waals surface area contributed by atoms with Crippen molar-refractivity contribution < 1.29 is 18.1 Å². The number of anilines is 1.